The van der Waals surface area contributed by atoms with Crippen LogP contribution in [0, 0.1) is 0 Å². The van der Waals surface area contributed by atoms with Crippen molar-refractivity contribution in [2.45, 2.75) is 26.8 Å². The van der Waals surface area contributed by atoms with Gasteiger partial charge in [-0.3, -0.25) is 4.79 Å². The fraction of sp³-hybridized carbons (Fsp3) is 0.350. The summed E-state index contributed by atoms with van der Waals surface area (Å²) >= 11 is 11.2. The van der Waals surface area contributed by atoms with E-state index >= 15 is 0 Å². The van der Waals surface area contributed by atoms with Gasteiger partial charge in [0.15, 0.2) is 0 Å². The Morgan fingerprint density at radius 2 is 1.92 bits per heavy atom. The summed E-state index contributed by atoms with van der Waals surface area (Å²) in [5.41, 5.74) is 1.76. The quantitative estimate of drug-likeness (QED) is 0.598. The van der Waals surface area contributed by atoms with Crippen LogP contribution in [0.2, 0.25) is 10.0 Å². The van der Waals surface area contributed by atoms with Crippen LogP contribution in [0.3, 0.4) is 0 Å². The number of carbonyl (C=O) groups is 1. The highest BCUT2D eigenvalue weighted by Gasteiger charge is 2.21. The highest BCUT2D eigenvalue weighted by atomic mass is 35.5. The first-order valence-corrected chi connectivity index (χ1v) is 9.04. The van der Waals surface area contributed by atoms with Crippen LogP contribution in [0.5, 0.6) is 0 Å². The fourth-order valence-corrected chi connectivity index (χ4v) is 2.58. The zero-order valence-corrected chi connectivity index (χ0v) is 16.6. The van der Waals surface area contributed by atoms with Gasteiger partial charge >= 0.3 is 0 Å². The van der Waals surface area contributed by atoms with Gasteiger partial charge in [0.05, 0.1) is 10.0 Å². The average Bonchev–Trinajstić information content (AvgIpc) is 2.62. The van der Waals surface area contributed by atoms with E-state index in [9.17, 15) is 4.79 Å². The van der Waals surface area contributed by atoms with Crippen LogP contribution in [-0.4, -0.2) is 36.5 Å². The number of carbonyl (C=O) groups excluding carboxylic acids is 1. The Bertz CT molecular complexity index is 632. The minimum Gasteiger partial charge on any atom is -0.336 e. The molecule has 1 aromatic rings. The number of nitrogens with zero attached hydrogens (tertiary/aromatic N) is 1. The number of hydrogen-bond donors (Lipinski definition) is 1. The molecule has 1 aliphatic rings. The molecule has 1 N–H and O–H groups in total. The van der Waals surface area contributed by atoms with Crippen molar-refractivity contribution in [1.29, 1.82) is 0 Å². The van der Waals surface area contributed by atoms with Gasteiger partial charge in [-0.05, 0) is 39.0 Å². The summed E-state index contributed by atoms with van der Waals surface area (Å²) in [5, 5.41) is 4.54. The fourth-order valence-electron chi connectivity index (χ4n) is 2.31. The number of amides is 1. The minimum atomic E-state index is 0.113. The average molecular weight is 381 g/mol. The van der Waals surface area contributed by atoms with Crippen molar-refractivity contribution in [2.75, 3.05) is 19.6 Å². The van der Waals surface area contributed by atoms with Crippen molar-refractivity contribution in [3.63, 3.8) is 0 Å². The van der Waals surface area contributed by atoms with Crippen LogP contribution in [0.4, 0.5) is 0 Å². The van der Waals surface area contributed by atoms with Gasteiger partial charge in [-0.15, -0.1) is 0 Å². The number of piperazine rings is 1. The van der Waals surface area contributed by atoms with E-state index in [1.54, 1.807) is 18.2 Å². The molecule has 136 valence electrons. The second kappa shape index (κ2) is 11.1. The molecule has 1 amide bonds. The van der Waals surface area contributed by atoms with Crippen LogP contribution in [0.1, 0.15) is 20.8 Å². The lowest BCUT2D eigenvalue weighted by molar-refractivity contribution is -0.127. The molecule has 1 heterocycles. The maximum Gasteiger partial charge on any atom is 0.253 e. The monoisotopic (exact) mass is 380 g/mol. The Hall–Kier alpha value is -1.55. The van der Waals surface area contributed by atoms with E-state index < -0.39 is 0 Å². The van der Waals surface area contributed by atoms with Gasteiger partial charge in [0, 0.05) is 31.2 Å². The molecule has 1 unspecified atom stereocenters. The van der Waals surface area contributed by atoms with Gasteiger partial charge in [0.25, 0.3) is 5.91 Å². The second-order valence-electron chi connectivity index (χ2n) is 5.86. The lowest BCUT2D eigenvalue weighted by Gasteiger charge is -2.32. The first kappa shape index (κ1) is 21.5. The van der Waals surface area contributed by atoms with E-state index in [0.717, 1.165) is 30.8 Å². The summed E-state index contributed by atoms with van der Waals surface area (Å²) < 4.78 is 0. The number of allylic oxidation sites excluding steroid dienone is 3. The molecule has 0 saturated carbocycles. The highest BCUT2D eigenvalue weighted by molar-refractivity contribution is 6.41. The van der Waals surface area contributed by atoms with Gasteiger partial charge in [0.2, 0.25) is 0 Å². The summed E-state index contributed by atoms with van der Waals surface area (Å²) in [4.78, 5) is 14.2. The Balaban J connectivity index is 0.000000324. The minimum absolute atomic E-state index is 0.113. The molecule has 1 aromatic carbocycles. The van der Waals surface area contributed by atoms with E-state index in [0.29, 0.717) is 16.1 Å². The SMILES string of the molecule is C=C/C(C)=C\C(=C/C)C(=O)N1CCNC(C)C1.Clc1ccccc1Cl. The number of halogens is 2. The van der Waals surface area contributed by atoms with Crippen molar-refractivity contribution < 1.29 is 4.79 Å². The summed E-state index contributed by atoms with van der Waals surface area (Å²) in [6.07, 6.45) is 5.52. The lowest BCUT2D eigenvalue weighted by atomic mass is 10.1. The smallest absolute Gasteiger partial charge is 0.253 e. The molecule has 25 heavy (non-hydrogen) atoms. The van der Waals surface area contributed by atoms with Gasteiger partial charge in [-0.2, -0.15) is 0 Å². The molecule has 0 aliphatic carbocycles. The molecule has 1 fully saturated rings. The van der Waals surface area contributed by atoms with E-state index in [4.69, 9.17) is 23.2 Å². The Labute approximate surface area is 161 Å². The first-order chi connectivity index (χ1) is 11.9. The zero-order chi connectivity index (χ0) is 18.8. The Morgan fingerprint density at radius 1 is 1.32 bits per heavy atom. The van der Waals surface area contributed by atoms with E-state index in [-0.39, 0.29) is 5.91 Å². The maximum absolute atomic E-state index is 12.3. The molecule has 0 bridgehead atoms. The largest absolute Gasteiger partial charge is 0.336 e. The number of benzene rings is 1. The van der Waals surface area contributed by atoms with Crippen molar-refractivity contribution in [1.82, 2.24) is 10.2 Å². The molecule has 0 aromatic heterocycles. The molecule has 2 rings (SSSR count). The van der Waals surface area contributed by atoms with E-state index in [1.165, 1.54) is 0 Å². The zero-order valence-electron chi connectivity index (χ0n) is 15.1. The molecular weight excluding hydrogens is 355 g/mol. The van der Waals surface area contributed by atoms with Crippen molar-refractivity contribution >= 4 is 29.1 Å². The summed E-state index contributed by atoms with van der Waals surface area (Å²) in [7, 11) is 0. The topological polar surface area (TPSA) is 32.3 Å². The van der Waals surface area contributed by atoms with Gasteiger partial charge < -0.3 is 10.2 Å². The Morgan fingerprint density at radius 3 is 2.36 bits per heavy atom. The maximum atomic E-state index is 12.3. The predicted molar refractivity (Wildman–Crippen MR) is 108 cm³/mol. The first-order valence-electron chi connectivity index (χ1n) is 8.28. The molecule has 3 nitrogen and oxygen atoms in total. The van der Waals surface area contributed by atoms with Crippen LogP contribution < -0.4 is 5.32 Å². The third-order valence-electron chi connectivity index (χ3n) is 3.74. The third-order valence-corrected chi connectivity index (χ3v) is 4.50. The molecule has 0 spiro atoms. The van der Waals surface area contributed by atoms with Gasteiger partial charge in [-0.1, -0.05) is 59.6 Å². The van der Waals surface area contributed by atoms with Gasteiger partial charge in [0.1, 0.15) is 0 Å². The Kier molecular flexibility index (Phi) is 9.58. The van der Waals surface area contributed by atoms with E-state index in [2.05, 4.69) is 18.8 Å². The number of rotatable bonds is 3. The van der Waals surface area contributed by atoms with Gasteiger partial charge in [-0.25, -0.2) is 0 Å². The standard InChI is InChI=1S/C14H22N2O.C6H4Cl2/c1-5-11(3)9-13(6-2)14(17)16-8-7-15-12(4)10-16;7-5-3-1-2-4-6(5)8/h5-6,9,12,15H,1,7-8,10H2,2-4H3;1-4H/b11-9-,13-6+;. The molecular formula is C20H26Cl2N2O. The molecule has 5 heteroatoms. The summed E-state index contributed by atoms with van der Waals surface area (Å²) in [5.74, 6) is 0.113. The number of hydrogen-bond acceptors (Lipinski definition) is 2. The van der Waals surface area contributed by atoms with Crippen LogP contribution >= 0.6 is 23.2 Å². The second-order valence-corrected chi connectivity index (χ2v) is 6.67. The lowest BCUT2D eigenvalue weighted by Crippen LogP contribution is -2.51. The molecule has 1 saturated heterocycles. The van der Waals surface area contributed by atoms with Crippen molar-refractivity contribution in [3.8, 4) is 0 Å². The van der Waals surface area contributed by atoms with Crippen molar-refractivity contribution in [3.05, 3.63) is 70.3 Å². The molecule has 1 aliphatic heterocycles. The van der Waals surface area contributed by atoms with E-state index in [1.807, 2.05) is 43.0 Å². The number of nitrogens with one attached hydrogen (secondary N) is 1. The summed E-state index contributed by atoms with van der Waals surface area (Å²) in [6, 6.07) is 7.56. The van der Waals surface area contributed by atoms with Crippen LogP contribution in [0.25, 0.3) is 0 Å². The van der Waals surface area contributed by atoms with Crippen LogP contribution in [-0.2, 0) is 4.79 Å². The summed E-state index contributed by atoms with van der Waals surface area (Å²) in [6.45, 7) is 12.1. The normalized spacial score (nSPS) is 18.3. The van der Waals surface area contributed by atoms with Crippen molar-refractivity contribution in [2.24, 2.45) is 0 Å². The molecule has 1 atom stereocenters. The van der Waals surface area contributed by atoms with Crippen LogP contribution in [0.15, 0.2) is 60.2 Å². The highest BCUT2D eigenvalue weighted by Crippen LogP contribution is 2.19. The molecule has 0 radical (unpaired) electrons. The predicted octanol–water partition coefficient (Wildman–Crippen LogP) is 4.88. The third kappa shape index (κ3) is 7.47.